The van der Waals surface area contributed by atoms with Crippen LogP contribution in [0.25, 0.3) is 0 Å². The molecule has 0 heterocycles. The van der Waals surface area contributed by atoms with Crippen molar-refractivity contribution in [3.63, 3.8) is 0 Å². The normalized spacial score (nSPS) is 39.3. The van der Waals surface area contributed by atoms with Crippen LogP contribution < -0.4 is 0 Å². The van der Waals surface area contributed by atoms with E-state index in [1.54, 1.807) is 0 Å². The highest BCUT2D eigenvalue weighted by molar-refractivity contribution is 6.21. The van der Waals surface area contributed by atoms with Gasteiger partial charge in [-0.15, -0.1) is 11.6 Å². The predicted molar refractivity (Wildman–Crippen MR) is 64.3 cm³/mol. The van der Waals surface area contributed by atoms with E-state index < -0.39 is 0 Å². The molecule has 15 heavy (non-hydrogen) atoms. The standard InChI is InChI=1S/C14H17Cl/c15-14-8-4-7-11(14)13-9-12(13)10-5-2-1-3-6-10/h1-3,5-6,11-14H,4,7-9H2. The molecule has 3 rings (SSSR count). The first-order valence-electron chi connectivity index (χ1n) is 6.05. The molecular formula is C14H17Cl. The molecule has 4 atom stereocenters. The van der Waals surface area contributed by atoms with Crippen LogP contribution in [0.5, 0.6) is 0 Å². The second-order valence-electron chi connectivity index (χ2n) is 5.03. The molecule has 0 spiro atoms. The van der Waals surface area contributed by atoms with Crippen LogP contribution in [0.2, 0.25) is 0 Å². The summed E-state index contributed by atoms with van der Waals surface area (Å²) in [5, 5.41) is 0.462. The van der Waals surface area contributed by atoms with Crippen molar-refractivity contribution in [3.8, 4) is 0 Å². The molecule has 0 saturated heterocycles. The van der Waals surface area contributed by atoms with Crippen LogP contribution in [0.3, 0.4) is 0 Å². The molecule has 2 fully saturated rings. The minimum absolute atomic E-state index is 0.462. The van der Waals surface area contributed by atoms with E-state index in [0.717, 1.165) is 17.8 Å². The zero-order valence-electron chi connectivity index (χ0n) is 8.90. The van der Waals surface area contributed by atoms with Crippen molar-refractivity contribution < 1.29 is 0 Å². The summed E-state index contributed by atoms with van der Waals surface area (Å²) >= 11 is 6.37. The summed E-state index contributed by atoms with van der Waals surface area (Å²) in [6.45, 7) is 0. The lowest BCUT2D eigenvalue weighted by Gasteiger charge is -2.13. The average Bonchev–Trinajstić information content (AvgIpc) is 2.96. The molecule has 0 radical (unpaired) electrons. The molecule has 1 heteroatoms. The van der Waals surface area contributed by atoms with Gasteiger partial charge in [-0.1, -0.05) is 36.8 Å². The van der Waals surface area contributed by atoms with Gasteiger partial charge >= 0.3 is 0 Å². The van der Waals surface area contributed by atoms with Gasteiger partial charge in [-0.25, -0.2) is 0 Å². The highest BCUT2D eigenvalue weighted by atomic mass is 35.5. The van der Waals surface area contributed by atoms with Crippen LogP contribution in [0.1, 0.15) is 37.2 Å². The first-order chi connectivity index (χ1) is 7.36. The van der Waals surface area contributed by atoms with Crippen LogP contribution >= 0.6 is 11.6 Å². The number of halogens is 1. The van der Waals surface area contributed by atoms with E-state index in [-0.39, 0.29) is 0 Å². The molecule has 0 aromatic heterocycles. The molecule has 2 aliphatic carbocycles. The van der Waals surface area contributed by atoms with E-state index in [2.05, 4.69) is 30.3 Å². The number of alkyl halides is 1. The molecule has 1 aromatic rings. The number of rotatable bonds is 2. The summed E-state index contributed by atoms with van der Waals surface area (Å²) < 4.78 is 0. The Hall–Kier alpha value is -0.490. The van der Waals surface area contributed by atoms with E-state index >= 15 is 0 Å². The van der Waals surface area contributed by atoms with Crippen molar-refractivity contribution in [3.05, 3.63) is 35.9 Å². The van der Waals surface area contributed by atoms with Crippen molar-refractivity contribution in [1.82, 2.24) is 0 Å². The van der Waals surface area contributed by atoms with Gasteiger partial charge in [0.1, 0.15) is 0 Å². The predicted octanol–water partition coefficient (Wildman–Crippen LogP) is 4.20. The Morgan fingerprint density at radius 3 is 2.47 bits per heavy atom. The molecule has 0 N–H and O–H groups in total. The second-order valence-corrected chi connectivity index (χ2v) is 5.59. The smallest absolute Gasteiger partial charge is 0.0367 e. The highest BCUT2D eigenvalue weighted by Crippen LogP contribution is 2.56. The van der Waals surface area contributed by atoms with Crippen LogP contribution in [0, 0.1) is 11.8 Å². The molecule has 0 bridgehead atoms. The first-order valence-corrected chi connectivity index (χ1v) is 6.49. The molecular weight excluding hydrogens is 204 g/mol. The van der Waals surface area contributed by atoms with Crippen molar-refractivity contribution >= 4 is 11.6 Å². The van der Waals surface area contributed by atoms with E-state index in [0.29, 0.717) is 5.38 Å². The zero-order chi connectivity index (χ0) is 10.3. The summed E-state index contributed by atoms with van der Waals surface area (Å²) in [5.41, 5.74) is 1.53. The van der Waals surface area contributed by atoms with E-state index in [1.807, 2.05) is 0 Å². The van der Waals surface area contributed by atoms with Gasteiger partial charge in [0.25, 0.3) is 0 Å². The van der Waals surface area contributed by atoms with Crippen molar-refractivity contribution in [2.75, 3.05) is 0 Å². The maximum atomic E-state index is 6.37. The van der Waals surface area contributed by atoms with Crippen molar-refractivity contribution in [2.45, 2.75) is 37.0 Å². The summed E-state index contributed by atoms with van der Waals surface area (Å²) in [7, 11) is 0. The quantitative estimate of drug-likeness (QED) is 0.656. The van der Waals surface area contributed by atoms with E-state index in [4.69, 9.17) is 11.6 Å². The lowest BCUT2D eigenvalue weighted by atomic mass is 9.98. The molecule has 0 amide bonds. The Kier molecular flexibility index (Phi) is 2.48. The maximum absolute atomic E-state index is 6.37. The van der Waals surface area contributed by atoms with Gasteiger partial charge in [0.15, 0.2) is 0 Å². The Bertz CT molecular complexity index is 332. The minimum atomic E-state index is 0.462. The zero-order valence-corrected chi connectivity index (χ0v) is 9.66. The summed E-state index contributed by atoms with van der Waals surface area (Å²) in [5.74, 6) is 2.50. The monoisotopic (exact) mass is 220 g/mol. The lowest BCUT2D eigenvalue weighted by Crippen LogP contribution is -2.10. The summed E-state index contributed by atoms with van der Waals surface area (Å²) in [6, 6.07) is 10.9. The largest absolute Gasteiger partial charge is 0.123 e. The fourth-order valence-electron chi connectivity index (χ4n) is 3.20. The maximum Gasteiger partial charge on any atom is 0.0367 e. The first kappa shape index (κ1) is 9.72. The summed E-state index contributed by atoms with van der Waals surface area (Å²) in [4.78, 5) is 0. The van der Waals surface area contributed by atoms with Crippen molar-refractivity contribution in [1.29, 1.82) is 0 Å². The lowest BCUT2D eigenvalue weighted by molar-refractivity contribution is 0.475. The fraction of sp³-hybridized carbons (Fsp3) is 0.571. The molecule has 80 valence electrons. The average molecular weight is 221 g/mol. The molecule has 1 aromatic carbocycles. The van der Waals surface area contributed by atoms with Gasteiger partial charge in [0, 0.05) is 5.38 Å². The molecule has 4 unspecified atom stereocenters. The molecule has 0 nitrogen and oxygen atoms in total. The SMILES string of the molecule is ClC1CCCC1C1CC1c1ccccc1. The topological polar surface area (TPSA) is 0 Å². The van der Waals surface area contributed by atoms with Crippen LogP contribution in [0.4, 0.5) is 0 Å². The van der Waals surface area contributed by atoms with Crippen LogP contribution in [-0.4, -0.2) is 5.38 Å². The van der Waals surface area contributed by atoms with Gasteiger partial charge in [0.05, 0.1) is 0 Å². The number of benzene rings is 1. The number of hydrogen-bond acceptors (Lipinski definition) is 0. The molecule has 2 saturated carbocycles. The van der Waals surface area contributed by atoms with Gasteiger partial charge in [-0.05, 0) is 42.6 Å². The third kappa shape index (κ3) is 1.80. The Morgan fingerprint density at radius 2 is 1.80 bits per heavy atom. The van der Waals surface area contributed by atoms with Crippen molar-refractivity contribution in [2.24, 2.45) is 11.8 Å². The Morgan fingerprint density at radius 1 is 1.00 bits per heavy atom. The van der Waals surface area contributed by atoms with Crippen LogP contribution in [0.15, 0.2) is 30.3 Å². The fourth-order valence-corrected chi connectivity index (χ4v) is 3.66. The third-order valence-corrected chi connectivity index (χ3v) is 4.64. The van der Waals surface area contributed by atoms with E-state index in [9.17, 15) is 0 Å². The van der Waals surface area contributed by atoms with E-state index in [1.165, 1.54) is 31.2 Å². The molecule has 0 aliphatic heterocycles. The number of hydrogen-bond donors (Lipinski definition) is 0. The van der Waals surface area contributed by atoms with Gasteiger partial charge in [0.2, 0.25) is 0 Å². The highest BCUT2D eigenvalue weighted by Gasteiger charge is 2.47. The van der Waals surface area contributed by atoms with Gasteiger partial charge in [-0.2, -0.15) is 0 Å². The Labute approximate surface area is 96.6 Å². The Balaban J connectivity index is 1.69. The minimum Gasteiger partial charge on any atom is -0.123 e. The summed E-state index contributed by atoms with van der Waals surface area (Å²) in [6.07, 6.45) is 5.32. The van der Waals surface area contributed by atoms with Crippen LogP contribution in [-0.2, 0) is 0 Å². The molecule has 2 aliphatic rings. The third-order valence-electron chi connectivity index (χ3n) is 4.10. The second kappa shape index (κ2) is 3.83. The van der Waals surface area contributed by atoms with Gasteiger partial charge < -0.3 is 0 Å². The van der Waals surface area contributed by atoms with Gasteiger partial charge in [-0.3, -0.25) is 0 Å².